The molecule has 53 heavy (non-hydrogen) atoms. The predicted octanol–water partition coefficient (Wildman–Crippen LogP) is 4.16. The number of ether oxygens (including phenoxy) is 1. The zero-order chi connectivity index (χ0) is 39.3. The van der Waals surface area contributed by atoms with Gasteiger partial charge in [0.1, 0.15) is 24.7 Å². The summed E-state index contributed by atoms with van der Waals surface area (Å²) in [6.45, 7) is 15.6. The van der Waals surface area contributed by atoms with Gasteiger partial charge in [0, 0.05) is 19.6 Å². The van der Waals surface area contributed by atoms with Crippen LogP contribution >= 0.6 is 0 Å². The highest BCUT2D eigenvalue weighted by atomic mass is 16.5. The molecule has 4 amide bonds. The molecule has 0 saturated heterocycles. The number of hydroxylamine groups is 2. The Kier molecular flexibility index (Phi) is 20.3. The topological polar surface area (TPSA) is 166 Å². The molecule has 5 N–H and O–H groups in total. The number of amides is 4. The van der Waals surface area contributed by atoms with Crippen LogP contribution in [0, 0.1) is 11.8 Å². The highest BCUT2D eigenvalue weighted by Gasteiger charge is 2.32. The van der Waals surface area contributed by atoms with E-state index in [2.05, 4.69) is 27.8 Å². The minimum absolute atomic E-state index is 0.0219. The molecule has 292 valence electrons. The van der Waals surface area contributed by atoms with Crippen molar-refractivity contribution in [1.82, 2.24) is 26.3 Å². The SMILES string of the molecule is C=C(C)C(=O)[C@H](CC(C)C)NC(=O)[C@H](Cc1ccccc1)NC(=O)[C@H](CC(C)C)NC(=O)[C@H](CCc1ccccc1)NC(=O)CN(O)CCOCCC. The van der Waals surface area contributed by atoms with Gasteiger partial charge in [0.15, 0.2) is 5.78 Å². The molecular formula is C41H61N5O7. The molecular weight excluding hydrogens is 674 g/mol. The van der Waals surface area contributed by atoms with Crippen molar-refractivity contribution in [2.24, 2.45) is 11.8 Å². The van der Waals surface area contributed by atoms with E-state index in [1.807, 2.05) is 95.3 Å². The summed E-state index contributed by atoms with van der Waals surface area (Å²) in [7, 11) is 0. The number of carbonyl (C=O) groups is 5. The molecule has 0 aromatic heterocycles. The van der Waals surface area contributed by atoms with Crippen molar-refractivity contribution in [2.75, 3.05) is 26.3 Å². The third-order valence-electron chi connectivity index (χ3n) is 8.40. The van der Waals surface area contributed by atoms with Crippen molar-refractivity contribution in [3.63, 3.8) is 0 Å². The lowest BCUT2D eigenvalue weighted by Crippen LogP contribution is -2.58. The van der Waals surface area contributed by atoms with Crippen LogP contribution in [0.25, 0.3) is 0 Å². The number of nitrogens with zero attached hydrogens (tertiary/aromatic N) is 1. The normalized spacial score (nSPS) is 13.5. The smallest absolute Gasteiger partial charge is 0.243 e. The van der Waals surface area contributed by atoms with Crippen LogP contribution in [0.4, 0.5) is 0 Å². The van der Waals surface area contributed by atoms with Crippen molar-refractivity contribution >= 4 is 29.4 Å². The average molecular weight is 736 g/mol. The van der Waals surface area contributed by atoms with Crippen LogP contribution in [-0.4, -0.2) is 90.2 Å². The Labute approximate surface area is 315 Å². The van der Waals surface area contributed by atoms with Gasteiger partial charge < -0.3 is 31.2 Å². The molecule has 0 bridgehead atoms. The molecule has 0 aliphatic heterocycles. The number of hydrogen-bond donors (Lipinski definition) is 5. The molecule has 2 rings (SSSR count). The highest BCUT2D eigenvalue weighted by Crippen LogP contribution is 2.13. The van der Waals surface area contributed by atoms with E-state index >= 15 is 0 Å². The van der Waals surface area contributed by atoms with Crippen LogP contribution in [0.15, 0.2) is 72.8 Å². The average Bonchev–Trinajstić information content (AvgIpc) is 3.11. The van der Waals surface area contributed by atoms with Gasteiger partial charge in [-0.3, -0.25) is 24.0 Å². The Morgan fingerprint density at radius 3 is 1.79 bits per heavy atom. The molecule has 0 aliphatic rings. The minimum Gasteiger partial charge on any atom is -0.380 e. The fraction of sp³-hybridized carbons (Fsp3) is 0.537. The van der Waals surface area contributed by atoms with Gasteiger partial charge in [-0.2, -0.15) is 5.06 Å². The fourth-order valence-corrected chi connectivity index (χ4v) is 5.70. The fourth-order valence-electron chi connectivity index (χ4n) is 5.70. The summed E-state index contributed by atoms with van der Waals surface area (Å²) >= 11 is 0. The van der Waals surface area contributed by atoms with Crippen molar-refractivity contribution in [3.8, 4) is 0 Å². The molecule has 0 heterocycles. The summed E-state index contributed by atoms with van der Waals surface area (Å²) in [5.74, 6) is -2.44. The Morgan fingerprint density at radius 2 is 1.23 bits per heavy atom. The van der Waals surface area contributed by atoms with Gasteiger partial charge in [0.2, 0.25) is 23.6 Å². The first-order valence-electron chi connectivity index (χ1n) is 18.7. The maximum Gasteiger partial charge on any atom is 0.243 e. The third kappa shape index (κ3) is 17.8. The summed E-state index contributed by atoms with van der Waals surface area (Å²) in [6.07, 6.45) is 2.32. The second-order valence-corrected chi connectivity index (χ2v) is 14.4. The molecule has 0 radical (unpaired) electrons. The molecule has 0 saturated carbocycles. The number of Topliss-reactive ketones (excluding diaryl/α,β-unsaturated/α-hetero) is 1. The van der Waals surface area contributed by atoms with Gasteiger partial charge in [-0.05, 0) is 67.6 Å². The van der Waals surface area contributed by atoms with E-state index < -0.39 is 47.8 Å². The van der Waals surface area contributed by atoms with E-state index in [1.54, 1.807) is 6.92 Å². The lowest BCUT2D eigenvalue weighted by atomic mass is 9.96. The molecule has 12 heteroatoms. The van der Waals surface area contributed by atoms with Crippen molar-refractivity contribution < 1.29 is 33.9 Å². The van der Waals surface area contributed by atoms with E-state index in [-0.39, 0.29) is 56.6 Å². The standard InChI is InChI=1S/C41H61N5O7/c1-8-22-53-23-21-46(52)27-37(47)42-33(20-19-31-15-11-9-12-16-31)39(49)44-35(25-29(4)5)40(50)45-36(26-32-17-13-10-14-18-32)41(51)43-34(24-28(2)3)38(48)30(6)7/h9-18,28-29,33-36,52H,6,8,19-27H2,1-5,7H3,(H,42,47)(H,43,51)(H,44,49)(H,45,50)/t33-,34-,35-,36-/m0/s1. The highest BCUT2D eigenvalue weighted by molar-refractivity contribution is 6.01. The van der Waals surface area contributed by atoms with Gasteiger partial charge in [-0.25, -0.2) is 0 Å². The van der Waals surface area contributed by atoms with Crippen LogP contribution in [0.3, 0.4) is 0 Å². The zero-order valence-electron chi connectivity index (χ0n) is 32.4. The monoisotopic (exact) mass is 735 g/mol. The number of carbonyl (C=O) groups excluding carboxylic acids is 5. The van der Waals surface area contributed by atoms with Gasteiger partial charge >= 0.3 is 0 Å². The van der Waals surface area contributed by atoms with Gasteiger partial charge in [0.25, 0.3) is 0 Å². The lowest BCUT2D eigenvalue weighted by Gasteiger charge is -2.28. The summed E-state index contributed by atoms with van der Waals surface area (Å²) in [5.41, 5.74) is 2.08. The van der Waals surface area contributed by atoms with Crippen LogP contribution in [0.2, 0.25) is 0 Å². The number of hydrogen-bond acceptors (Lipinski definition) is 8. The van der Waals surface area contributed by atoms with Gasteiger partial charge in [0.05, 0.1) is 12.6 Å². The molecule has 4 atom stereocenters. The molecule has 2 aromatic carbocycles. The van der Waals surface area contributed by atoms with E-state index in [4.69, 9.17) is 4.74 Å². The molecule has 0 fully saturated rings. The Bertz CT molecular complexity index is 1450. The first-order chi connectivity index (χ1) is 25.2. The summed E-state index contributed by atoms with van der Waals surface area (Å²) in [4.78, 5) is 67.7. The van der Waals surface area contributed by atoms with Gasteiger partial charge in [-0.15, -0.1) is 0 Å². The maximum atomic E-state index is 14.0. The second kappa shape index (κ2) is 24.0. The maximum absolute atomic E-state index is 14.0. The number of ketones is 1. The second-order valence-electron chi connectivity index (χ2n) is 14.4. The number of rotatable bonds is 25. The molecule has 0 spiro atoms. The van der Waals surface area contributed by atoms with Crippen LogP contribution in [0.5, 0.6) is 0 Å². The summed E-state index contributed by atoms with van der Waals surface area (Å²) in [5, 5.41) is 22.4. The minimum atomic E-state index is -1.06. The molecule has 2 aromatic rings. The van der Waals surface area contributed by atoms with Gasteiger partial charge in [-0.1, -0.05) is 102 Å². The van der Waals surface area contributed by atoms with E-state index in [9.17, 15) is 29.2 Å². The van der Waals surface area contributed by atoms with Crippen molar-refractivity contribution in [2.45, 2.75) is 104 Å². The largest absolute Gasteiger partial charge is 0.380 e. The Hall–Kier alpha value is -4.39. The van der Waals surface area contributed by atoms with Crippen molar-refractivity contribution in [1.29, 1.82) is 0 Å². The van der Waals surface area contributed by atoms with Crippen LogP contribution < -0.4 is 21.3 Å². The van der Waals surface area contributed by atoms with E-state index in [0.717, 1.165) is 22.6 Å². The zero-order valence-corrected chi connectivity index (χ0v) is 32.4. The summed E-state index contributed by atoms with van der Waals surface area (Å²) < 4.78 is 5.39. The van der Waals surface area contributed by atoms with Crippen LogP contribution in [0.1, 0.15) is 78.4 Å². The first-order valence-corrected chi connectivity index (χ1v) is 18.7. The summed E-state index contributed by atoms with van der Waals surface area (Å²) in [6, 6.07) is 14.8. The first kappa shape index (κ1) is 44.8. The van der Waals surface area contributed by atoms with E-state index in [0.29, 0.717) is 25.0 Å². The lowest BCUT2D eigenvalue weighted by molar-refractivity contribution is -0.143. The molecule has 0 unspecified atom stereocenters. The molecule has 12 nitrogen and oxygen atoms in total. The van der Waals surface area contributed by atoms with E-state index in [1.165, 1.54) is 0 Å². The number of nitrogens with one attached hydrogen (secondary N) is 4. The number of benzene rings is 2. The quantitative estimate of drug-likeness (QED) is 0.0577. The molecule has 0 aliphatic carbocycles. The Morgan fingerprint density at radius 1 is 0.717 bits per heavy atom. The Balaban J connectivity index is 2.30. The number of aryl methyl sites for hydroxylation is 1. The van der Waals surface area contributed by atoms with Crippen LogP contribution in [-0.2, 0) is 41.6 Å². The third-order valence-corrected chi connectivity index (χ3v) is 8.40. The van der Waals surface area contributed by atoms with Crippen molar-refractivity contribution in [3.05, 3.63) is 83.9 Å². The predicted molar refractivity (Wildman–Crippen MR) is 206 cm³/mol.